The van der Waals surface area contributed by atoms with E-state index in [-0.39, 0.29) is 12.5 Å². The number of benzene rings is 2. The van der Waals surface area contributed by atoms with Crippen molar-refractivity contribution in [3.05, 3.63) is 75.2 Å². The fourth-order valence-electron chi connectivity index (χ4n) is 3.78. The molecule has 3 N–H and O–H groups in total. The van der Waals surface area contributed by atoms with Crippen LogP contribution in [0.3, 0.4) is 0 Å². The van der Waals surface area contributed by atoms with Crippen LogP contribution >= 0.6 is 23.2 Å². The van der Waals surface area contributed by atoms with Gasteiger partial charge < -0.3 is 20.5 Å². The monoisotopic (exact) mass is 487 g/mol. The van der Waals surface area contributed by atoms with E-state index in [0.717, 1.165) is 0 Å². The number of allylic oxidation sites excluding steroid dienone is 1. The van der Waals surface area contributed by atoms with E-state index in [1.54, 1.807) is 49.0 Å². The van der Waals surface area contributed by atoms with Crippen molar-refractivity contribution < 1.29 is 14.6 Å². The quantitative estimate of drug-likeness (QED) is 0.455. The third-order valence-corrected chi connectivity index (χ3v) is 5.87. The molecule has 0 saturated carbocycles. The van der Waals surface area contributed by atoms with E-state index in [2.05, 4.69) is 20.7 Å². The van der Waals surface area contributed by atoms with E-state index in [9.17, 15) is 9.90 Å². The third kappa shape index (κ3) is 4.68. The molecule has 172 valence electrons. The number of ether oxygens (including phenoxy) is 1. The molecular formula is C23H23Cl2N5O3. The Bertz CT molecular complexity index is 1220. The Hall–Kier alpha value is -3.07. The Morgan fingerprint density at radius 3 is 2.79 bits per heavy atom. The van der Waals surface area contributed by atoms with E-state index in [4.69, 9.17) is 27.9 Å². The van der Waals surface area contributed by atoms with Gasteiger partial charge in [-0.3, -0.25) is 4.79 Å². The molecule has 10 heteroatoms. The summed E-state index contributed by atoms with van der Waals surface area (Å²) in [4.78, 5) is 18.1. The Labute approximate surface area is 201 Å². The molecule has 3 aromatic rings. The second kappa shape index (κ2) is 9.82. The largest absolute Gasteiger partial charge is 0.495 e. The lowest BCUT2D eigenvalue weighted by Gasteiger charge is -2.29. The number of carbonyl (C=O) groups excluding carboxylic acids is 1. The molecule has 0 radical (unpaired) electrons. The van der Waals surface area contributed by atoms with E-state index in [0.29, 0.717) is 62.9 Å². The number of carbonyl (C=O) groups is 1. The summed E-state index contributed by atoms with van der Waals surface area (Å²) in [6.07, 6.45) is 1.03. The highest BCUT2D eigenvalue weighted by molar-refractivity contribution is 6.35. The number of para-hydroxylation sites is 2. The van der Waals surface area contributed by atoms with Crippen LogP contribution < -0.4 is 15.4 Å². The van der Waals surface area contributed by atoms with Gasteiger partial charge in [-0.25, -0.2) is 4.68 Å². The van der Waals surface area contributed by atoms with Crippen molar-refractivity contribution in [3.63, 3.8) is 0 Å². The SMILES string of the molecule is COc1ccccc1NC(=O)C1=C(C)Nc2nc(CCCO)nn2C1c1ccc(Cl)cc1Cl. The highest BCUT2D eigenvalue weighted by atomic mass is 35.5. The van der Waals surface area contributed by atoms with Crippen molar-refractivity contribution >= 4 is 40.7 Å². The summed E-state index contributed by atoms with van der Waals surface area (Å²) in [5.74, 6) is 1.26. The lowest BCUT2D eigenvalue weighted by molar-refractivity contribution is -0.113. The predicted octanol–water partition coefficient (Wildman–Crippen LogP) is 4.45. The highest BCUT2D eigenvalue weighted by Gasteiger charge is 2.35. The van der Waals surface area contributed by atoms with Crippen LogP contribution in [0.25, 0.3) is 0 Å². The molecule has 2 heterocycles. The first-order chi connectivity index (χ1) is 15.9. The second-order valence-electron chi connectivity index (χ2n) is 7.51. The first-order valence-electron chi connectivity index (χ1n) is 10.4. The van der Waals surface area contributed by atoms with Gasteiger partial charge in [-0.15, -0.1) is 0 Å². The molecule has 0 spiro atoms. The minimum atomic E-state index is -0.642. The molecule has 0 saturated heterocycles. The molecule has 0 aliphatic carbocycles. The fraction of sp³-hybridized carbons (Fsp3) is 0.261. The van der Waals surface area contributed by atoms with Gasteiger partial charge in [0.1, 0.15) is 11.8 Å². The maximum atomic E-state index is 13.6. The van der Waals surface area contributed by atoms with Crippen molar-refractivity contribution in [2.45, 2.75) is 25.8 Å². The number of nitrogens with zero attached hydrogens (tertiary/aromatic N) is 3. The van der Waals surface area contributed by atoms with Crippen LogP contribution in [0.1, 0.15) is 30.8 Å². The van der Waals surface area contributed by atoms with Crippen LogP contribution in [0.15, 0.2) is 53.7 Å². The number of aliphatic hydroxyl groups excluding tert-OH is 1. The van der Waals surface area contributed by atoms with E-state index in [1.165, 1.54) is 0 Å². The number of methoxy groups -OCH3 is 1. The van der Waals surface area contributed by atoms with Crippen molar-refractivity contribution in [2.75, 3.05) is 24.4 Å². The van der Waals surface area contributed by atoms with Crippen molar-refractivity contribution in [2.24, 2.45) is 0 Å². The normalized spacial score (nSPS) is 15.1. The standard InChI is InChI=1S/C23H23Cl2N5O3/c1-13-20(22(32)27-17-6-3-4-7-18(17)33-2)21(15-10-9-14(24)12-16(15)25)30-23(26-13)28-19(29-30)8-5-11-31/h3-4,6-7,9-10,12,21,31H,5,8,11H2,1-2H3,(H,27,32)(H,26,28,29). The van der Waals surface area contributed by atoms with Gasteiger partial charge in [-0.2, -0.15) is 10.1 Å². The number of hydrogen-bond acceptors (Lipinski definition) is 6. The molecule has 0 bridgehead atoms. The van der Waals surface area contributed by atoms with Gasteiger partial charge in [-0.1, -0.05) is 41.4 Å². The Kier molecular flexibility index (Phi) is 6.88. The Morgan fingerprint density at radius 2 is 2.06 bits per heavy atom. The summed E-state index contributed by atoms with van der Waals surface area (Å²) in [5, 5.41) is 20.8. The first kappa shape index (κ1) is 23.1. The molecule has 1 amide bonds. The summed E-state index contributed by atoms with van der Waals surface area (Å²) in [6, 6.07) is 11.7. The topological polar surface area (TPSA) is 101 Å². The van der Waals surface area contributed by atoms with Gasteiger partial charge in [0.15, 0.2) is 5.82 Å². The van der Waals surface area contributed by atoms with Gasteiger partial charge in [0.2, 0.25) is 5.95 Å². The van der Waals surface area contributed by atoms with Gasteiger partial charge in [0, 0.05) is 34.3 Å². The lowest BCUT2D eigenvalue weighted by atomic mass is 9.95. The molecular weight excluding hydrogens is 465 g/mol. The van der Waals surface area contributed by atoms with E-state index >= 15 is 0 Å². The highest BCUT2D eigenvalue weighted by Crippen LogP contribution is 2.39. The Morgan fingerprint density at radius 1 is 1.27 bits per heavy atom. The van der Waals surface area contributed by atoms with Crippen LogP contribution in [0.4, 0.5) is 11.6 Å². The number of amides is 1. The maximum Gasteiger partial charge on any atom is 0.255 e. The molecule has 33 heavy (non-hydrogen) atoms. The zero-order chi connectivity index (χ0) is 23.5. The predicted molar refractivity (Wildman–Crippen MR) is 128 cm³/mol. The molecule has 1 aliphatic rings. The van der Waals surface area contributed by atoms with Crippen molar-refractivity contribution in [1.82, 2.24) is 14.8 Å². The van der Waals surface area contributed by atoms with Crippen LogP contribution in [0.2, 0.25) is 10.0 Å². The lowest BCUT2D eigenvalue weighted by Crippen LogP contribution is -2.31. The molecule has 1 aliphatic heterocycles. The molecule has 8 nitrogen and oxygen atoms in total. The average Bonchev–Trinajstić information content (AvgIpc) is 3.19. The number of aromatic nitrogens is 3. The number of halogens is 2. The summed E-state index contributed by atoms with van der Waals surface area (Å²) in [5.41, 5.74) is 2.24. The molecule has 4 rings (SSSR count). The smallest absolute Gasteiger partial charge is 0.255 e. The summed E-state index contributed by atoms with van der Waals surface area (Å²) >= 11 is 12.7. The molecule has 1 atom stereocenters. The first-order valence-corrected chi connectivity index (χ1v) is 11.1. The number of aryl methyl sites for hydroxylation is 1. The van der Waals surface area contributed by atoms with Crippen LogP contribution in [-0.2, 0) is 11.2 Å². The Balaban J connectivity index is 1.80. The van der Waals surface area contributed by atoms with E-state index in [1.807, 2.05) is 12.1 Å². The number of nitrogens with one attached hydrogen (secondary N) is 2. The van der Waals surface area contributed by atoms with Gasteiger partial charge in [-0.05, 0) is 37.6 Å². The molecule has 1 unspecified atom stereocenters. The minimum Gasteiger partial charge on any atom is -0.495 e. The van der Waals surface area contributed by atoms with Crippen molar-refractivity contribution in [1.29, 1.82) is 0 Å². The fourth-order valence-corrected chi connectivity index (χ4v) is 4.29. The summed E-state index contributed by atoms with van der Waals surface area (Å²) in [6.45, 7) is 1.84. The molecule has 1 aromatic heterocycles. The van der Waals surface area contributed by atoms with E-state index < -0.39 is 6.04 Å². The number of anilines is 2. The minimum absolute atomic E-state index is 0.0353. The van der Waals surface area contributed by atoms with Gasteiger partial charge in [0.25, 0.3) is 5.91 Å². The summed E-state index contributed by atoms with van der Waals surface area (Å²) in [7, 11) is 1.55. The number of hydrogen-bond donors (Lipinski definition) is 3. The van der Waals surface area contributed by atoms with Crippen LogP contribution in [-0.4, -0.2) is 39.5 Å². The number of fused-ring (bicyclic) bond motifs is 1. The zero-order valence-electron chi connectivity index (χ0n) is 18.1. The third-order valence-electron chi connectivity index (χ3n) is 5.31. The number of rotatable bonds is 7. The van der Waals surface area contributed by atoms with Gasteiger partial charge in [0.05, 0.1) is 18.4 Å². The van der Waals surface area contributed by atoms with Crippen molar-refractivity contribution in [3.8, 4) is 5.75 Å². The van der Waals surface area contributed by atoms with Crippen LogP contribution in [0.5, 0.6) is 5.75 Å². The van der Waals surface area contributed by atoms with Crippen LogP contribution in [0, 0.1) is 0 Å². The maximum absolute atomic E-state index is 13.6. The zero-order valence-corrected chi connectivity index (χ0v) is 19.6. The number of aliphatic hydroxyl groups is 1. The molecule has 0 fully saturated rings. The average molecular weight is 488 g/mol. The van der Waals surface area contributed by atoms with Gasteiger partial charge >= 0.3 is 0 Å². The summed E-state index contributed by atoms with van der Waals surface area (Å²) < 4.78 is 7.02. The molecule has 2 aromatic carbocycles. The second-order valence-corrected chi connectivity index (χ2v) is 8.35.